The quantitative estimate of drug-likeness (QED) is 0.347. The van der Waals surface area contributed by atoms with E-state index < -0.39 is 46.7 Å². The van der Waals surface area contributed by atoms with E-state index in [4.69, 9.17) is 37.9 Å². The van der Waals surface area contributed by atoms with Gasteiger partial charge in [0.2, 0.25) is 0 Å². The summed E-state index contributed by atoms with van der Waals surface area (Å²) in [4.78, 5) is 29.8. The van der Waals surface area contributed by atoms with Crippen molar-refractivity contribution < 1.29 is 52.6 Å². The van der Waals surface area contributed by atoms with Gasteiger partial charge < -0.3 is 43.0 Å². The van der Waals surface area contributed by atoms with Crippen LogP contribution in [0.15, 0.2) is 18.2 Å². The SMILES string of the molecule is CCN1CC2(COC)C(O)CC(OC)C34C5CC6C(OC)CC(OC(C)=O)(C5C6OC(=O)c5ccc(OC)c(OC)c5)C(C(OC)C23)C14. The Kier molecular flexibility index (Phi) is 8.56. The molecule has 48 heavy (non-hydrogen) atoms. The lowest BCUT2D eigenvalue weighted by atomic mass is 9.42. The minimum absolute atomic E-state index is 0.0722. The number of esters is 2. The average Bonchev–Trinajstić information content (AvgIpc) is 3.50. The summed E-state index contributed by atoms with van der Waals surface area (Å²) in [5, 5.41) is 12.1. The first-order chi connectivity index (χ1) is 23.1. The van der Waals surface area contributed by atoms with E-state index >= 15 is 0 Å². The van der Waals surface area contributed by atoms with Crippen LogP contribution >= 0.6 is 0 Å². The maximum Gasteiger partial charge on any atom is 0.338 e. The molecule has 5 aliphatic carbocycles. The van der Waals surface area contributed by atoms with Crippen LogP contribution in [0.5, 0.6) is 11.5 Å². The highest BCUT2D eigenvalue weighted by molar-refractivity contribution is 5.90. The number of ether oxygens (including phenoxy) is 8. The van der Waals surface area contributed by atoms with E-state index in [1.54, 1.807) is 53.7 Å². The fourth-order valence-corrected chi connectivity index (χ4v) is 12.6. The molecule has 1 N–H and O–H groups in total. The van der Waals surface area contributed by atoms with E-state index in [9.17, 15) is 14.7 Å². The fourth-order valence-electron chi connectivity index (χ4n) is 12.6. The van der Waals surface area contributed by atoms with E-state index in [-0.39, 0.29) is 47.8 Å². The van der Waals surface area contributed by atoms with Gasteiger partial charge in [0.05, 0.1) is 50.8 Å². The molecule has 14 atom stereocenters. The monoisotopic (exact) mass is 673 g/mol. The molecule has 6 aliphatic rings. The second-order valence-corrected chi connectivity index (χ2v) is 14.9. The summed E-state index contributed by atoms with van der Waals surface area (Å²) in [6.45, 7) is 5.31. The number of rotatable bonds is 11. The number of carbonyl (C=O) groups is 2. The van der Waals surface area contributed by atoms with Crippen molar-refractivity contribution in [2.45, 2.75) is 75.3 Å². The molecule has 1 saturated heterocycles. The summed E-state index contributed by atoms with van der Waals surface area (Å²) in [7, 11) is 9.90. The molecule has 1 spiro atoms. The molecule has 1 aromatic rings. The lowest BCUT2D eigenvalue weighted by molar-refractivity contribution is -0.297. The zero-order valence-electron chi connectivity index (χ0n) is 29.3. The Labute approximate surface area is 282 Å². The molecule has 0 amide bonds. The Bertz CT molecular complexity index is 1420. The van der Waals surface area contributed by atoms with Gasteiger partial charge in [0.1, 0.15) is 11.7 Å². The van der Waals surface area contributed by atoms with Crippen LogP contribution in [0, 0.1) is 40.4 Å². The van der Waals surface area contributed by atoms with Crippen LogP contribution in [0.1, 0.15) is 43.5 Å². The predicted octanol–water partition coefficient (Wildman–Crippen LogP) is 2.58. The highest BCUT2D eigenvalue weighted by Crippen LogP contribution is 2.80. The summed E-state index contributed by atoms with van der Waals surface area (Å²) < 4.78 is 49.4. The van der Waals surface area contributed by atoms with Crippen molar-refractivity contribution in [2.24, 2.45) is 40.4 Å². The van der Waals surface area contributed by atoms with Gasteiger partial charge >= 0.3 is 11.9 Å². The second-order valence-electron chi connectivity index (χ2n) is 14.9. The molecular formula is C36H51NO11. The molecule has 1 heterocycles. The lowest BCUT2D eigenvalue weighted by Crippen LogP contribution is -2.79. The number of hydrogen-bond donors (Lipinski definition) is 1. The summed E-state index contributed by atoms with van der Waals surface area (Å²) in [5.74, 6) is -1.03. The maximum atomic E-state index is 14.1. The van der Waals surface area contributed by atoms with E-state index in [0.717, 1.165) is 6.54 Å². The Morgan fingerprint density at radius 2 is 1.71 bits per heavy atom. The highest BCUT2D eigenvalue weighted by atomic mass is 16.6. The van der Waals surface area contributed by atoms with Crippen molar-refractivity contribution in [3.63, 3.8) is 0 Å². The van der Waals surface area contributed by atoms with E-state index in [0.29, 0.717) is 49.5 Å². The predicted molar refractivity (Wildman–Crippen MR) is 171 cm³/mol. The first-order valence-electron chi connectivity index (χ1n) is 17.2. The molecule has 1 aliphatic heterocycles. The van der Waals surface area contributed by atoms with Crippen LogP contribution in [0.3, 0.4) is 0 Å². The maximum absolute atomic E-state index is 14.1. The van der Waals surface area contributed by atoms with Crippen LogP contribution in [-0.4, -0.2) is 126 Å². The Hall–Kier alpha value is -2.48. The molecule has 12 heteroatoms. The summed E-state index contributed by atoms with van der Waals surface area (Å²) in [5.41, 5.74) is -1.89. The Balaban J connectivity index is 1.43. The number of aliphatic hydroxyl groups excluding tert-OH is 1. The number of hydrogen-bond acceptors (Lipinski definition) is 12. The van der Waals surface area contributed by atoms with Crippen molar-refractivity contribution in [2.75, 3.05) is 62.4 Å². The summed E-state index contributed by atoms with van der Waals surface area (Å²) in [6, 6.07) is 4.90. The first-order valence-corrected chi connectivity index (χ1v) is 17.2. The Morgan fingerprint density at radius 3 is 2.31 bits per heavy atom. The standard InChI is InChI=1S/C36H51NO11/c1-9-37-16-34(17-41-3)25(39)14-26(45-7)36-21-13-20-24(44-6)15-35(48-18(2)38,28(32(36)37)30(46-8)31(34)36)27(21)29(20)47-33(40)19-10-11-22(42-4)23(12-19)43-5/h10-12,20-21,24-32,39H,9,13-17H2,1-8H3. The summed E-state index contributed by atoms with van der Waals surface area (Å²) >= 11 is 0. The van der Waals surface area contributed by atoms with Crippen LogP contribution in [-0.2, 0) is 33.2 Å². The van der Waals surface area contributed by atoms with Gasteiger partial charge in [-0.2, -0.15) is 0 Å². The molecule has 12 nitrogen and oxygen atoms in total. The van der Waals surface area contributed by atoms with Gasteiger partial charge in [0.15, 0.2) is 11.5 Å². The van der Waals surface area contributed by atoms with Gasteiger partial charge in [-0.25, -0.2) is 4.79 Å². The van der Waals surface area contributed by atoms with Gasteiger partial charge in [-0.3, -0.25) is 9.69 Å². The van der Waals surface area contributed by atoms with Crippen LogP contribution in [0.4, 0.5) is 0 Å². The third-order valence-electron chi connectivity index (χ3n) is 13.6. The summed E-state index contributed by atoms with van der Waals surface area (Å²) in [6.07, 6.45) is -0.760. The molecular weight excluding hydrogens is 622 g/mol. The van der Waals surface area contributed by atoms with Gasteiger partial charge in [0, 0.05) is 95.3 Å². The van der Waals surface area contributed by atoms with Gasteiger partial charge in [0.25, 0.3) is 0 Å². The zero-order chi connectivity index (χ0) is 34.3. The van der Waals surface area contributed by atoms with Gasteiger partial charge in [-0.1, -0.05) is 6.92 Å². The number of fused-ring (bicyclic) bond motifs is 2. The zero-order valence-corrected chi connectivity index (χ0v) is 29.3. The van der Waals surface area contributed by atoms with Crippen molar-refractivity contribution in [3.8, 4) is 11.5 Å². The van der Waals surface area contributed by atoms with Gasteiger partial charge in [-0.05, 0) is 37.1 Å². The van der Waals surface area contributed by atoms with Gasteiger partial charge in [-0.15, -0.1) is 0 Å². The number of piperidine rings is 1. The molecule has 14 unspecified atom stereocenters. The van der Waals surface area contributed by atoms with Crippen LogP contribution < -0.4 is 9.47 Å². The molecule has 1 aromatic carbocycles. The number of carbonyl (C=O) groups excluding carboxylic acids is 2. The molecule has 7 rings (SSSR count). The van der Waals surface area contributed by atoms with Crippen molar-refractivity contribution in [3.05, 3.63) is 23.8 Å². The average molecular weight is 674 g/mol. The van der Waals surface area contributed by atoms with Crippen LogP contribution in [0.2, 0.25) is 0 Å². The molecule has 7 bridgehead atoms. The van der Waals surface area contributed by atoms with Crippen molar-refractivity contribution in [1.29, 1.82) is 0 Å². The molecule has 5 saturated carbocycles. The minimum atomic E-state index is -1.07. The normalized spacial score (nSPS) is 45.1. The molecule has 266 valence electrons. The number of likely N-dealkylation sites (tertiary alicyclic amines) is 1. The van der Waals surface area contributed by atoms with Crippen molar-refractivity contribution in [1.82, 2.24) is 4.90 Å². The first kappa shape index (κ1) is 34.0. The fraction of sp³-hybridized carbons (Fsp3) is 0.778. The van der Waals surface area contributed by atoms with Crippen molar-refractivity contribution >= 4 is 11.9 Å². The topological polar surface area (TPSA) is 131 Å². The molecule has 0 radical (unpaired) electrons. The van der Waals surface area contributed by atoms with E-state index in [1.807, 2.05) is 0 Å². The number of methoxy groups -OCH3 is 6. The third kappa shape index (κ3) is 4.16. The minimum Gasteiger partial charge on any atom is -0.493 e. The lowest BCUT2D eigenvalue weighted by Gasteiger charge is -2.70. The number of nitrogens with zero attached hydrogens (tertiary/aromatic N) is 1. The smallest absolute Gasteiger partial charge is 0.338 e. The Morgan fingerprint density at radius 1 is 0.958 bits per heavy atom. The second kappa shape index (κ2) is 12.1. The number of benzene rings is 1. The van der Waals surface area contributed by atoms with Crippen LogP contribution in [0.25, 0.3) is 0 Å². The molecule has 0 aromatic heterocycles. The van der Waals surface area contributed by atoms with E-state index in [1.165, 1.54) is 14.0 Å². The third-order valence-corrected chi connectivity index (χ3v) is 13.6. The largest absolute Gasteiger partial charge is 0.493 e. The molecule has 6 fully saturated rings. The number of aliphatic hydroxyl groups is 1. The van der Waals surface area contributed by atoms with E-state index in [2.05, 4.69) is 11.8 Å². The highest BCUT2D eigenvalue weighted by Gasteiger charge is 2.89.